The number of hydrogen-bond donors (Lipinski definition) is 2. The highest BCUT2D eigenvalue weighted by Crippen LogP contribution is 2.18. The van der Waals surface area contributed by atoms with Crippen molar-refractivity contribution in [1.29, 1.82) is 0 Å². The van der Waals surface area contributed by atoms with Gasteiger partial charge in [-0.05, 0) is 24.3 Å². The molecule has 0 atom stereocenters. The number of benzene rings is 1. The van der Waals surface area contributed by atoms with E-state index in [0.717, 1.165) is 11.5 Å². The molecule has 0 bridgehead atoms. The average Bonchev–Trinajstić information content (AvgIpc) is 2.29. The van der Waals surface area contributed by atoms with Crippen molar-refractivity contribution in [3.8, 4) is 0 Å². The lowest BCUT2D eigenvalue weighted by atomic mass is 10.3. The van der Waals surface area contributed by atoms with Crippen molar-refractivity contribution in [3.05, 3.63) is 41.6 Å². The predicted octanol–water partition coefficient (Wildman–Crippen LogP) is 2.92. The van der Waals surface area contributed by atoms with E-state index in [2.05, 4.69) is 20.6 Å². The summed E-state index contributed by atoms with van der Waals surface area (Å²) >= 11 is 5.88. The molecule has 4 nitrogen and oxygen atoms in total. The number of aromatic nitrogens is 2. The Balaban J connectivity index is 2.20. The van der Waals surface area contributed by atoms with Gasteiger partial charge in [0.25, 0.3) is 0 Å². The Morgan fingerprint density at radius 3 is 2.88 bits per heavy atom. The Morgan fingerprint density at radius 2 is 2.12 bits per heavy atom. The molecular formula is C11H11ClN4. The largest absolute Gasteiger partial charge is 0.357 e. The van der Waals surface area contributed by atoms with Crippen LogP contribution in [-0.4, -0.2) is 17.0 Å². The Kier molecular flexibility index (Phi) is 3.22. The van der Waals surface area contributed by atoms with Crippen molar-refractivity contribution in [1.82, 2.24) is 9.97 Å². The van der Waals surface area contributed by atoms with Crippen LogP contribution < -0.4 is 10.6 Å². The van der Waals surface area contributed by atoms with Gasteiger partial charge in [-0.1, -0.05) is 17.7 Å². The summed E-state index contributed by atoms with van der Waals surface area (Å²) in [6.45, 7) is 0. The second-order valence-corrected chi connectivity index (χ2v) is 3.59. The van der Waals surface area contributed by atoms with Gasteiger partial charge in [-0.2, -0.15) is 4.98 Å². The van der Waals surface area contributed by atoms with Crippen LogP contribution in [-0.2, 0) is 0 Å². The quantitative estimate of drug-likeness (QED) is 0.858. The van der Waals surface area contributed by atoms with E-state index in [1.807, 2.05) is 24.3 Å². The second-order valence-electron chi connectivity index (χ2n) is 3.15. The first-order chi connectivity index (χ1) is 7.78. The summed E-state index contributed by atoms with van der Waals surface area (Å²) in [4.78, 5) is 8.27. The van der Waals surface area contributed by atoms with E-state index in [4.69, 9.17) is 11.6 Å². The normalized spacial score (nSPS) is 9.88. The maximum atomic E-state index is 5.88. The number of hydrogen-bond acceptors (Lipinski definition) is 4. The highest BCUT2D eigenvalue weighted by molar-refractivity contribution is 6.30. The molecule has 0 saturated carbocycles. The monoisotopic (exact) mass is 234 g/mol. The molecule has 0 aliphatic carbocycles. The van der Waals surface area contributed by atoms with Gasteiger partial charge in [-0.15, -0.1) is 0 Å². The molecular weight excluding hydrogens is 224 g/mol. The second kappa shape index (κ2) is 4.81. The first-order valence-electron chi connectivity index (χ1n) is 4.81. The lowest BCUT2D eigenvalue weighted by molar-refractivity contribution is 1.15. The number of anilines is 3. The smallest absolute Gasteiger partial charge is 0.224 e. The molecule has 5 heteroatoms. The molecule has 1 heterocycles. The van der Waals surface area contributed by atoms with Crippen molar-refractivity contribution in [3.63, 3.8) is 0 Å². The maximum Gasteiger partial charge on any atom is 0.224 e. The lowest BCUT2D eigenvalue weighted by Gasteiger charge is -2.06. The Morgan fingerprint density at radius 1 is 1.25 bits per heavy atom. The molecule has 2 aromatic rings. The summed E-state index contributed by atoms with van der Waals surface area (Å²) in [5, 5.41) is 6.71. The van der Waals surface area contributed by atoms with Gasteiger partial charge in [0.1, 0.15) is 5.82 Å². The van der Waals surface area contributed by atoms with Gasteiger partial charge >= 0.3 is 0 Å². The average molecular weight is 235 g/mol. The van der Waals surface area contributed by atoms with E-state index in [1.165, 1.54) is 0 Å². The van der Waals surface area contributed by atoms with Crippen LogP contribution in [0, 0.1) is 0 Å². The highest BCUT2D eigenvalue weighted by atomic mass is 35.5. The van der Waals surface area contributed by atoms with Gasteiger partial charge in [0.2, 0.25) is 5.95 Å². The number of halogens is 1. The number of rotatable bonds is 3. The van der Waals surface area contributed by atoms with Crippen molar-refractivity contribution in [2.45, 2.75) is 0 Å². The van der Waals surface area contributed by atoms with Crippen LogP contribution in [0.2, 0.25) is 5.02 Å². The van der Waals surface area contributed by atoms with Crippen LogP contribution in [0.15, 0.2) is 36.5 Å². The Labute approximate surface area is 98.7 Å². The number of nitrogens with one attached hydrogen (secondary N) is 2. The van der Waals surface area contributed by atoms with Gasteiger partial charge < -0.3 is 10.6 Å². The van der Waals surface area contributed by atoms with Crippen LogP contribution in [0.5, 0.6) is 0 Å². The van der Waals surface area contributed by atoms with Gasteiger partial charge in [-0.3, -0.25) is 0 Å². The molecule has 0 spiro atoms. The van der Waals surface area contributed by atoms with Crippen LogP contribution >= 0.6 is 11.6 Å². The van der Waals surface area contributed by atoms with Gasteiger partial charge in [0.15, 0.2) is 0 Å². The van der Waals surface area contributed by atoms with E-state index in [1.54, 1.807) is 19.3 Å². The van der Waals surface area contributed by atoms with E-state index < -0.39 is 0 Å². The third-order valence-electron chi connectivity index (χ3n) is 1.98. The summed E-state index contributed by atoms with van der Waals surface area (Å²) in [7, 11) is 1.78. The van der Waals surface area contributed by atoms with Gasteiger partial charge in [0.05, 0.1) is 0 Å². The minimum atomic E-state index is 0.576. The fourth-order valence-electron chi connectivity index (χ4n) is 1.26. The van der Waals surface area contributed by atoms with Crippen molar-refractivity contribution < 1.29 is 0 Å². The first kappa shape index (κ1) is 10.7. The minimum absolute atomic E-state index is 0.576. The molecule has 0 radical (unpaired) electrons. The summed E-state index contributed by atoms with van der Waals surface area (Å²) < 4.78 is 0. The fourth-order valence-corrected chi connectivity index (χ4v) is 1.45. The van der Waals surface area contributed by atoms with Crippen LogP contribution in [0.3, 0.4) is 0 Å². The van der Waals surface area contributed by atoms with Crippen LogP contribution in [0.4, 0.5) is 17.5 Å². The molecule has 0 unspecified atom stereocenters. The molecule has 0 amide bonds. The molecule has 1 aromatic carbocycles. The Bertz CT molecular complexity index is 487. The van der Waals surface area contributed by atoms with Crippen molar-refractivity contribution >= 4 is 29.1 Å². The van der Waals surface area contributed by atoms with E-state index >= 15 is 0 Å². The summed E-state index contributed by atoms with van der Waals surface area (Å²) in [6.07, 6.45) is 1.69. The van der Waals surface area contributed by atoms with Crippen LogP contribution in [0.25, 0.3) is 0 Å². The van der Waals surface area contributed by atoms with Crippen LogP contribution in [0.1, 0.15) is 0 Å². The third kappa shape index (κ3) is 2.61. The highest BCUT2D eigenvalue weighted by Gasteiger charge is 1.98. The molecule has 16 heavy (non-hydrogen) atoms. The molecule has 0 aliphatic heterocycles. The summed E-state index contributed by atoms with van der Waals surface area (Å²) in [5.74, 6) is 1.30. The van der Waals surface area contributed by atoms with E-state index in [9.17, 15) is 0 Å². The molecule has 1 aromatic heterocycles. The standard InChI is InChI=1S/C11H11ClN4/c1-13-11-14-6-5-10(16-11)15-9-4-2-3-8(12)7-9/h2-7H,1H3,(H2,13,14,15,16). The number of nitrogens with zero attached hydrogens (tertiary/aromatic N) is 2. The molecule has 0 fully saturated rings. The zero-order valence-corrected chi connectivity index (χ0v) is 9.49. The maximum absolute atomic E-state index is 5.88. The van der Waals surface area contributed by atoms with E-state index in [0.29, 0.717) is 11.0 Å². The molecule has 2 rings (SSSR count). The van der Waals surface area contributed by atoms with Crippen molar-refractivity contribution in [2.75, 3.05) is 17.7 Å². The van der Waals surface area contributed by atoms with E-state index in [-0.39, 0.29) is 0 Å². The Hall–Kier alpha value is -1.81. The lowest BCUT2D eigenvalue weighted by Crippen LogP contribution is -1.99. The fraction of sp³-hybridized carbons (Fsp3) is 0.0909. The molecule has 82 valence electrons. The van der Waals surface area contributed by atoms with Gasteiger partial charge in [0, 0.05) is 24.0 Å². The predicted molar refractivity (Wildman–Crippen MR) is 66.3 cm³/mol. The summed E-state index contributed by atoms with van der Waals surface area (Å²) in [5.41, 5.74) is 0.897. The third-order valence-corrected chi connectivity index (χ3v) is 2.21. The zero-order valence-electron chi connectivity index (χ0n) is 8.74. The molecule has 0 saturated heterocycles. The molecule has 0 aliphatic rings. The topological polar surface area (TPSA) is 49.8 Å². The SMILES string of the molecule is CNc1nccc(Nc2cccc(Cl)c2)n1. The van der Waals surface area contributed by atoms with Gasteiger partial charge in [-0.25, -0.2) is 4.98 Å². The summed E-state index contributed by atoms with van der Waals surface area (Å²) in [6, 6.07) is 9.26. The minimum Gasteiger partial charge on any atom is -0.357 e. The zero-order chi connectivity index (χ0) is 11.4. The van der Waals surface area contributed by atoms with Crippen molar-refractivity contribution in [2.24, 2.45) is 0 Å². The first-order valence-corrected chi connectivity index (χ1v) is 5.19. The molecule has 2 N–H and O–H groups in total.